The Morgan fingerprint density at radius 1 is 1.37 bits per heavy atom. The normalized spacial score (nSPS) is 20.5. The molecule has 102 valence electrons. The summed E-state index contributed by atoms with van der Waals surface area (Å²) in [5.41, 5.74) is -0.0719. The van der Waals surface area contributed by atoms with E-state index in [0.717, 1.165) is 5.56 Å². The van der Waals surface area contributed by atoms with Gasteiger partial charge in [-0.25, -0.2) is 4.79 Å². The first-order valence-electron chi connectivity index (χ1n) is 5.83. The summed E-state index contributed by atoms with van der Waals surface area (Å²) in [7, 11) is 1.28. The van der Waals surface area contributed by atoms with Crippen LogP contribution < -0.4 is 5.32 Å². The van der Waals surface area contributed by atoms with Gasteiger partial charge in [-0.3, -0.25) is 10.1 Å². The van der Waals surface area contributed by atoms with Crippen molar-refractivity contribution in [3.8, 4) is 0 Å². The smallest absolute Gasteiger partial charge is 0.409 e. The molecule has 0 aliphatic carbocycles. The number of hydrogen-bond donors (Lipinski definition) is 1. The van der Waals surface area contributed by atoms with E-state index in [-0.39, 0.29) is 19.6 Å². The number of epoxide rings is 1. The van der Waals surface area contributed by atoms with Crippen molar-refractivity contribution in [3.05, 3.63) is 35.9 Å². The number of rotatable bonds is 5. The van der Waals surface area contributed by atoms with Crippen molar-refractivity contribution in [2.75, 3.05) is 13.7 Å². The lowest BCUT2D eigenvalue weighted by Crippen LogP contribution is -2.40. The number of nitrogens with one attached hydrogen (secondary N) is 1. The van der Waals surface area contributed by atoms with Gasteiger partial charge in [-0.1, -0.05) is 30.3 Å². The first-order chi connectivity index (χ1) is 9.13. The number of alkyl carbamates (subject to hydrolysis) is 1. The van der Waals surface area contributed by atoms with Gasteiger partial charge in [-0.15, -0.1) is 0 Å². The molecule has 0 radical (unpaired) electrons. The summed E-state index contributed by atoms with van der Waals surface area (Å²) >= 11 is 0. The molecule has 19 heavy (non-hydrogen) atoms. The van der Waals surface area contributed by atoms with Crippen molar-refractivity contribution in [3.63, 3.8) is 0 Å². The summed E-state index contributed by atoms with van der Waals surface area (Å²) in [6.45, 7) is 0.448. The number of carbonyl (C=O) groups is 2. The van der Waals surface area contributed by atoms with Crippen LogP contribution in [0.25, 0.3) is 0 Å². The Kier molecular flexibility index (Phi) is 4.01. The molecule has 1 heterocycles. The van der Waals surface area contributed by atoms with Gasteiger partial charge in [-0.05, 0) is 5.56 Å². The highest BCUT2D eigenvalue weighted by Gasteiger charge is 2.49. The van der Waals surface area contributed by atoms with Gasteiger partial charge in [0.05, 0.1) is 20.1 Å². The average Bonchev–Trinajstić information content (AvgIpc) is 3.16. The van der Waals surface area contributed by atoms with Crippen molar-refractivity contribution < 1.29 is 23.8 Å². The fourth-order valence-electron chi connectivity index (χ4n) is 1.56. The number of ether oxygens (including phenoxy) is 3. The summed E-state index contributed by atoms with van der Waals surface area (Å²) in [4.78, 5) is 22.7. The molecule has 1 atom stereocenters. The first-order valence-corrected chi connectivity index (χ1v) is 5.83. The summed E-state index contributed by atoms with van der Waals surface area (Å²) in [6, 6.07) is 9.31. The van der Waals surface area contributed by atoms with E-state index in [1.54, 1.807) is 0 Å². The largest absolute Gasteiger partial charge is 0.469 e. The lowest BCUT2D eigenvalue weighted by atomic mass is 10.2. The average molecular weight is 265 g/mol. The van der Waals surface area contributed by atoms with E-state index in [4.69, 9.17) is 9.47 Å². The Balaban J connectivity index is 1.77. The third-order valence-corrected chi connectivity index (χ3v) is 2.69. The van der Waals surface area contributed by atoms with E-state index >= 15 is 0 Å². The standard InChI is InChI=1S/C13H15NO5/c1-17-11(15)7-13(9-19-13)14-12(16)18-8-10-5-3-2-4-6-10/h2-6H,7-9H2,1H3,(H,14,16)/t13-/m1/s1. The summed E-state index contributed by atoms with van der Waals surface area (Å²) in [6.07, 6.45) is -0.644. The van der Waals surface area contributed by atoms with Gasteiger partial charge < -0.3 is 14.2 Å². The van der Waals surface area contributed by atoms with Crippen LogP contribution in [0.4, 0.5) is 4.79 Å². The van der Waals surface area contributed by atoms with Gasteiger partial charge in [0.2, 0.25) is 0 Å². The van der Waals surface area contributed by atoms with Crippen LogP contribution in [0.5, 0.6) is 0 Å². The highest BCUT2D eigenvalue weighted by Crippen LogP contribution is 2.28. The monoisotopic (exact) mass is 265 g/mol. The molecule has 1 aliphatic rings. The Labute approximate surface area is 110 Å². The van der Waals surface area contributed by atoms with Gasteiger partial charge in [-0.2, -0.15) is 0 Å². The minimum Gasteiger partial charge on any atom is -0.469 e. The minimum absolute atomic E-state index is 0.0239. The summed E-state index contributed by atoms with van der Waals surface area (Å²) in [5, 5.41) is 2.52. The number of esters is 1. The van der Waals surface area contributed by atoms with Crippen LogP contribution in [0.2, 0.25) is 0 Å². The molecule has 0 aromatic heterocycles. The molecule has 1 aromatic carbocycles. The number of benzene rings is 1. The van der Waals surface area contributed by atoms with Gasteiger partial charge in [0.15, 0.2) is 5.72 Å². The Morgan fingerprint density at radius 2 is 2.05 bits per heavy atom. The Hall–Kier alpha value is -2.08. The summed E-state index contributed by atoms with van der Waals surface area (Å²) < 4.78 is 14.6. The third kappa shape index (κ3) is 3.96. The fraction of sp³-hybridized carbons (Fsp3) is 0.385. The minimum atomic E-state index is -0.957. The Bertz CT molecular complexity index is 455. The molecule has 1 amide bonds. The van der Waals surface area contributed by atoms with E-state index in [1.807, 2.05) is 30.3 Å². The number of amides is 1. The van der Waals surface area contributed by atoms with Crippen LogP contribution in [-0.4, -0.2) is 31.5 Å². The predicted octanol–water partition coefficient (Wildman–Crippen LogP) is 1.20. The number of methoxy groups -OCH3 is 1. The number of hydrogen-bond acceptors (Lipinski definition) is 5. The topological polar surface area (TPSA) is 77.2 Å². The van der Waals surface area contributed by atoms with Crippen LogP contribution in [0.3, 0.4) is 0 Å². The first kappa shape index (κ1) is 13.4. The fourth-order valence-corrected chi connectivity index (χ4v) is 1.56. The van der Waals surface area contributed by atoms with Crippen molar-refractivity contribution in [1.29, 1.82) is 0 Å². The summed E-state index contributed by atoms with van der Waals surface area (Å²) in [5.74, 6) is -0.444. The van der Waals surface area contributed by atoms with Gasteiger partial charge in [0.25, 0.3) is 0 Å². The second-order valence-corrected chi connectivity index (χ2v) is 4.22. The second-order valence-electron chi connectivity index (χ2n) is 4.22. The van der Waals surface area contributed by atoms with Crippen LogP contribution in [0, 0.1) is 0 Å². The molecular weight excluding hydrogens is 250 g/mol. The van der Waals surface area contributed by atoms with Crippen molar-refractivity contribution >= 4 is 12.1 Å². The molecule has 0 bridgehead atoms. The van der Waals surface area contributed by atoms with E-state index in [1.165, 1.54) is 7.11 Å². The maximum Gasteiger partial charge on any atom is 0.409 e. The molecule has 1 saturated heterocycles. The zero-order chi connectivity index (χ0) is 13.7. The lowest BCUT2D eigenvalue weighted by molar-refractivity contribution is -0.142. The van der Waals surface area contributed by atoms with Crippen LogP contribution in [0.15, 0.2) is 30.3 Å². The van der Waals surface area contributed by atoms with Gasteiger partial charge in [0.1, 0.15) is 6.61 Å². The highest BCUT2D eigenvalue weighted by atomic mass is 16.6. The maximum absolute atomic E-state index is 11.6. The molecular formula is C13H15NO5. The van der Waals surface area contributed by atoms with Crippen molar-refractivity contribution in [2.24, 2.45) is 0 Å². The molecule has 1 aromatic rings. The van der Waals surface area contributed by atoms with Crippen LogP contribution in [-0.2, 0) is 25.6 Å². The zero-order valence-electron chi connectivity index (χ0n) is 10.5. The van der Waals surface area contributed by atoms with Crippen molar-refractivity contribution in [2.45, 2.75) is 18.8 Å². The van der Waals surface area contributed by atoms with Crippen molar-refractivity contribution in [1.82, 2.24) is 5.32 Å². The molecule has 0 spiro atoms. The quantitative estimate of drug-likeness (QED) is 0.639. The maximum atomic E-state index is 11.6. The van der Waals surface area contributed by atoms with E-state index in [9.17, 15) is 9.59 Å². The molecule has 2 rings (SSSR count). The SMILES string of the molecule is COC(=O)C[C@]1(NC(=O)OCc2ccccc2)CO1. The molecule has 6 heteroatoms. The molecule has 6 nitrogen and oxygen atoms in total. The molecule has 1 fully saturated rings. The molecule has 1 aliphatic heterocycles. The van der Waals surface area contributed by atoms with Gasteiger partial charge in [0, 0.05) is 0 Å². The third-order valence-electron chi connectivity index (χ3n) is 2.69. The van der Waals surface area contributed by atoms with E-state index < -0.39 is 17.8 Å². The molecule has 0 unspecified atom stereocenters. The Morgan fingerprint density at radius 3 is 2.63 bits per heavy atom. The van der Waals surface area contributed by atoms with E-state index in [0.29, 0.717) is 0 Å². The predicted molar refractivity (Wildman–Crippen MR) is 65.1 cm³/mol. The van der Waals surface area contributed by atoms with Crippen LogP contribution in [0.1, 0.15) is 12.0 Å². The zero-order valence-corrected chi connectivity index (χ0v) is 10.5. The molecule has 0 saturated carbocycles. The number of carbonyl (C=O) groups excluding carboxylic acids is 2. The molecule has 1 N–H and O–H groups in total. The lowest BCUT2D eigenvalue weighted by Gasteiger charge is -2.13. The van der Waals surface area contributed by atoms with E-state index in [2.05, 4.69) is 10.1 Å². The highest BCUT2D eigenvalue weighted by molar-refractivity contribution is 5.74. The van der Waals surface area contributed by atoms with Crippen LogP contribution >= 0.6 is 0 Å². The second kappa shape index (κ2) is 5.71. The van der Waals surface area contributed by atoms with Gasteiger partial charge >= 0.3 is 12.1 Å².